The molecule has 6 nitrogen and oxygen atoms in total. The van der Waals surface area contributed by atoms with Crippen molar-refractivity contribution in [3.05, 3.63) is 24.0 Å². The Morgan fingerprint density at radius 1 is 1.50 bits per heavy atom. The molecule has 1 amide bonds. The van der Waals surface area contributed by atoms with Crippen molar-refractivity contribution in [2.45, 2.75) is 38.5 Å². The van der Waals surface area contributed by atoms with Crippen molar-refractivity contribution in [1.29, 1.82) is 0 Å². The van der Waals surface area contributed by atoms with E-state index in [1.165, 1.54) is 12.0 Å². The third-order valence-electron chi connectivity index (χ3n) is 3.66. The molecule has 6 heteroatoms. The van der Waals surface area contributed by atoms with Crippen LogP contribution in [0.4, 0.5) is 0 Å². The zero-order valence-electron chi connectivity index (χ0n) is 11.8. The number of carbonyl (C=O) groups is 2. The average molecular weight is 280 g/mol. The fourth-order valence-electron chi connectivity index (χ4n) is 2.62. The number of aliphatic carboxylic acids is 1. The number of amides is 1. The second-order valence-electron chi connectivity index (χ2n) is 4.99. The van der Waals surface area contributed by atoms with Gasteiger partial charge in [0.25, 0.3) is 5.91 Å². The van der Waals surface area contributed by atoms with Gasteiger partial charge in [0, 0.05) is 32.8 Å². The summed E-state index contributed by atoms with van der Waals surface area (Å²) >= 11 is 0. The maximum Gasteiger partial charge on any atom is 0.326 e. The van der Waals surface area contributed by atoms with Crippen LogP contribution in [-0.2, 0) is 16.1 Å². The number of aromatic nitrogens is 1. The summed E-state index contributed by atoms with van der Waals surface area (Å²) in [5, 5.41) is 9.26. The lowest BCUT2D eigenvalue weighted by Crippen LogP contribution is -2.41. The van der Waals surface area contributed by atoms with Gasteiger partial charge in [-0.1, -0.05) is 6.92 Å². The van der Waals surface area contributed by atoms with E-state index in [1.807, 2.05) is 23.8 Å². The van der Waals surface area contributed by atoms with Gasteiger partial charge in [-0.25, -0.2) is 4.79 Å². The molecule has 0 bridgehead atoms. The Bertz CT molecular complexity index is 497. The molecule has 1 aromatic rings. The number of likely N-dealkylation sites (tertiary alicyclic amines) is 1. The summed E-state index contributed by atoms with van der Waals surface area (Å²) < 4.78 is 7.07. The van der Waals surface area contributed by atoms with E-state index < -0.39 is 12.0 Å². The number of methoxy groups -OCH3 is 1. The van der Waals surface area contributed by atoms with Crippen LogP contribution >= 0.6 is 0 Å². The van der Waals surface area contributed by atoms with E-state index in [4.69, 9.17) is 4.74 Å². The third-order valence-corrected chi connectivity index (χ3v) is 3.66. The van der Waals surface area contributed by atoms with Crippen LogP contribution in [-0.4, -0.2) is 52.3 Å². The molecule has 0 saturated carbocycles. The number of rotatable bonds is 5. The average Bonchev–Trinajstić information content (AvgIpc) is 3.04. The maximum atomic E-state index is 12.6. The molecule has 1 N–H and O–H groups in total. The molecule has 1 saturated heterocycles. The maximum absolute atomic E-state index is 12.6. The number of hydrogen-bond acceptors (Lipinski definition) is 3. The van der Waals surface area contributed by atoms with Gasteiger partial charge in [0.2, 0.25) is 0 Å². The fourth-order valence-corrected chi connectivity index (χ4v) is 2.62. The van der Waals surface area contributed by atoms with E-state index in [0.29, 0.717) is 18.7 Å². The first kappa shape index (κ1) is 14.6. The summed E-state index contributed by atoms with van der Waals surface area (Å²) in [7, 11) is 1.54. The lowest BCUT2D eigenvalue weighted by Gasteiger charge is -2.22. The van der Waals surface area contributed by atoms with Crippen molar-refractivity contribution in [1.82, 2.24) is 9.47 Å². The third kappa shape index (κ3) is 2.70. The summed E-state index contributed by atoms with van der Waals surface area (Å²) in [4.78, 5) is 25.3. The van der Waals surface area contributed by atoms with Gasteiger partial charge in [-0.2, -0.15) is 0 Å². The van der Waals surface area contributed by atoms with E-state index >= 15 is 0 Å². The Morgan fingerprint density at radius 2 is 2.25 bits per heavy atom. The molecule has 20 heavy (non-hydrogen) atoms. The molecule has 2 rings (SSSR count). The van der Waals surface area contributed by atoms with Crippen molar-refractivity contribution in [2.24, 2.45) is 0 Å². The van der Waals surface area contributed by atoms with E-state index in [0.717, 1.165) is 13.0 Å². The molecule has 2 atom stereocenters. The molecule has 0 radical (unpaired) electrons. The molecular weight excluding hydrogens is 260 g/mol. The van der Waals surface area contributed by atoms with Gasteiger partial charge in [0.1, 0.15) is 11.7 Å². The summed E-state index contributed by atoms with van der Waals surface area (Å²) in [6.07, 6.45) is 2.88. The molecule has 2 unspecified atom stereocenters. The largest absolute Gasteiger partial charge is 0.480 e. The van der Waals surface area contributed by atoms with Gasteiger partial charge in [0.05, 0.1) is 6.10 Å². The molecule has 0 spiro atoms. The first-order valence-electron chi connectivity index (χ1n) is 6.80. The topological polar surface area (TPSA) is 71.8 Å². The number of carbonyl (C=O) groups excluding carboxylic acids is 1. The number of nitrogens with zero attached hydrogens (tertiary/aromatic N) is 2. The fraction of sp³-hybridized carbons (Fsp3) is 0.571. The van der Waals surface area contributed by atoms with Crippen LogP contribution in [0.3, 0.4) is 0 Å². The van der Waals surface area contributed by atoms with Crippen molar-refractivity contribution in [3.8, 4) is 0 Å². The molecule has 0 aromatic carbocycles. The molecule has 1 fully saturated rings. The number of aryl methyl sites for hydroxylation is 1. The lowest BCUT2D eigenvalue weighted by atomic mass is 10.2. The van der Waals surface area contributed by atoms with Gasteiger partial charge >= 0.3 is 5.97 Å². The van der Waals surface area contributed by atoms with Crippen molar-refractivity contribution in [2.75, 3.05) is 13.7 Å². The summed E-state index contributed by atoms with van der Waals surface area (Å²) in [6, 6.07) is 2.73. The van der Waals surface area contributed by atoms with Crippen molar-refractivity contribution in [3.63, 3.8) is 0 Å². The van der Waals surface area contributed by atoms with Crippen LogP contribution < -0.4 is 0 Å². The second kappa shape index (κ2) is 6.09. The summed E-state index contributed by atoms with van der Waals surface area (Å²) in [5.74, 6) is -1.22. The molecular formula is C14H20N2O4. The minimum atomic E-state index is -0.980. The highest BCUT2D eigenvalue weighted by Gasteiger charge is 2.40. The van der Waals surface area contributed by atoms with Gasteiger partial charge in [0.15, 0.2) is 0 Å². The molecule has 0 aliphatic carbocycles. The Balaban J connectivity index is 2.22. The zero-order chi connectivity index (χ0) is 14.7. The minimum Gasteiger partial charge on any atom is -0.480 e. The standard InChI is InChI=1S/C14H20N2O4/c1-3-6-15-7-4-5-11(15)13(17)16-9-10(20-2)8-12(16)14(18)19/h4-5,7,10,12H,3,6,8-9H2,1-2H3,(H,18,19). The number of carboxylic acid groups (broad SMARTS) is 1. The predicted molar refractivity (Wildman–Crippen MR) is 72.6 cm³/mol. The highest BCUT2D eigenvalue weighted by Crippen LogP contribution is 2.23. The van der Waals surface area contributed by atoms with Crippen LogP contribution in [0.2, 0.25) is 0 Å². The van der Waals surface area contributed by atoms with Crippen LogP contribution in [0, 0.1) is 0 Å². The second-order valence-corrected chi connectivity index (χ2v) is 4.99. The van der Waals surface area contributed by atoms with Crippen LogP contribution in [0.1, 0.15) is 30.3 Å². The number of hydrogen-bond donors (Lipinski definition) is 1. The van der Waals surface area contributed by atoms with Gasteiger partial charge in [-0.3, -0.25) is 4.79 Å². The lowest BCUT2D eigenvalue weighted by molar-refractivity contribution is -0.141. The number of ether oxygens (including phenoxy) is 1. The zero-order valence-corrected chi connectivity index (χ0v) is 11.8. The van der Waals surface area contributed by atoms with E-state index in [2.05, 4.69) is 0 Å². The highest BCUT2D eigenvalue weighted by molar-refractivity contribution is 5.95. The van der Waals surface area contributed by atoms with Crippen molar-refractivity contribution < 1.29 is 19.4 Å². The Kier molecular flexibility index (Phi) is 4.44. The quantitative estimate of drug-likeness (QED) is 0.880. The van der Waals surface area contributed by atoms with Crippen LogP contribution in [0.15, 0.2) is 18.3 Å². The Morgan fingerprint density at radius 3 is 2.85 bits per heavy atom. The summed E-state index contributed by atoms with van der Waals surface area (Å²) in [6.45, 7) is 3.10. The molecule has 1 aromatic heterocycles. The van der Waals surface area contributed by atoms with Gasteiger partial charge in [-0.15, -0.1) is 0 Å². The molecule has 1 aliphatic rings. The smallest absolute Gasteiger partial charge is 0.326 e. The highest BCUT2D eigenvalue weighted by atomic mass is 16.5. The van der Waals surface area contributed by atoms with Crippen molar-refractivity contribution >= 4 is 11.9 Å². The molecule has 1 aliphatic heterocycles. The predicted octanol–water partition coefficient (Wildman–Crippen LogP) is 1.21. The SMILES string of the molecule is CCCn1cccc1C(=O)N1CC(OC)CC1C(=O)O. The van der Waals surface area contributed by atoms with Gasteiger partial charge in [-0.05, 0) is 18.6 Å². The molecule has 2 heterocycles. The van der Waals surface area contributed by atoms with Gasteiger partial charge < -0.3 is 19.3 Å². The monoisotopic (exact) mass is 280 g/mol. The minimum absolute atomic E-state index is 0.213. The van der Waals surface area contributed by atoms with E-state index in [9.17, 15) is 14.7 Å². The first-order chi connectivity index (χ1) is 9.58. The van der Waals surface area contributed by atoms with Crippen LogP contribution in [0.25, 0.3) is 0 Å². The summed E-state index contributed by atoms with van der Waals surface area (Å²) in [5.41, 5.74) is 0.537. The number of carboxylic acids is 1. The Labute approximate surface area is 117 Å². The van der Waals surface area contributed by atoms with E-state index in [1.54, 1.807) is 6.07 Å². The van der Waals surface area contributed by atoms with E-state index in [-0.39, 0.29) is 12.0 Å². The Hall–Kier alpha value is -1.82. The first-order valence-corrected chi connectivity index (χ1v) is 6.80. The van der Waals surface area contributed by atoms with Crippen LogP contribution in [0.5, 0.6) is 0 Å². The molecule has 110 valence electrons. The normalized spacial score (nSPS) is 22.2.